The van der Waals surface area contributed by atoms with E-state index in [2.05, 4.69) is 5.53 Å². The maximum Gasteiger partial charge on any atom is 0.0714 e. The van der Waals surface area contributed by atoms with E-state index >= 15 is 0 Å². The van der Waals surface area contributed by atoms with E-state index in [1.807, 2.05) is 7.05 Å². The van der Waals surface area contributed by atoms with E-state index < -0.39 is 0 Å². The summed E-state index contributed by atoms with van der Waals surface area (Å²) in [6, 6.07) is 0. The molecule has 0 bridgehead atoms. The lowest BCUT2D eigenvalue weighted by atomic mass is 10.5. The molecule has 1 aliphatic heterocycles. The molecule has 0 saturated carbocycles. The summed E-state index contributed by atoms with van der Waals surface area (Å²) in [5.74, 6) is 5.38. The smallest absolute Gasteiger partial charge is 0.0714 e. The summed E-state index contributed by atoms with van der Waals surface area (Å²) in [5.41, 5.74) is 9.02. The van der Waals surface area contributed by atoms with Crippen LogP contribution in [0.25, 0.3) is 0 Å². The molecule has 0 atom stereocenters. The van der Waals surface area contributed by atoms with Gasteiger partial charge < -0.3 is 10.7 Å². The van der Waals surface area contributed by atoms with Crippen LogP contribution in [0.4, 0.5) is 0 Å². The summed E-state index contributed by atoms with van der Waals surface area (Å²) in [6.07, 6.45) is 1.78. The fourth-order valence-corrected chi connectivity index (χ4v) is 0.753. The van der Waals surface area contributed by atoms with Gasteiger partial charge in [-0.2, -0.15) is 10.7 Å². The van der Waals surface area contributed by atoms with Crippen LogP contribution in [0.3, 0.4) is 0 Å². The van der Waals surface area contributed by atoms with Gasteiger partial charge in [-0.05, 0) is 0 Å². The van der Waals surface area contributed by atoms with E-state index in [1.165, 1.54) is 5.12 Å². The third-order valence-electron chi connectivity index (χ3n) is 0.999. The average molecular weight is 129 g/mol. The third kappa shape index (κ3) is 1.56. The topological polar surface area (TPSA) is 70.5 Å². The van der Waals surface area contributed by atoms with Gasteiger partial charge in [0.05, 0.1) is 6.54 Å². The molecule has 0 spiro atoms. The van der Waals surface area contributed by atoms with E-state index in [9.17, 15) is 0 Å². The zero-order valence-corrected chi connectivity index (χ0v) is 5.33. The van der Waals surface area contributed by atoms with Crippen LogP contribution < -0.4 is 17.1 Å². The SMILES string of the molecule is CN1C=C(N)CN(N)N1. The van der Waals surface area contributed by atoms with Crippen molar-refractivity contribution in [2.24, 2.45) is 11.6 Å². The molecule has 5 nitrogen and oxygen atoms in total. The molecule has 0 aromatic heterocycles. The Morgan fingerprint density at radius 2 is 2.44 bits per heavy atom. The first-order chi connectivity index (χ1) is 4.18. The lowest BCUT2D eigenvalue weighted by Gasteiger charge is -2.29. The van der Waals surface area contributed by atoms with E-state index in [0.717, 1.165) is 5.70 Å². The van der Waals surface area contributed by atoms with Crippen LogP contribution in [0.5, 0.6) is 0 Å². The molecule has 0 aromatic carbocycles. The molecule has 1 aliphatic rings. The monoisotopic (exact) mass is 129 g/mol. The van der Waals surface area contributed by atoms with Gasteiger partial charge in [0.2, 0.25) is 0 Å². The van der Waals surface area contributed by atoms with E-state index in [-0.39, 0.29) is 0 Å². The zero-order valence-electron chi connectivity index (χ0n) is 5.33. The first-order valence-corrected chi connectivity index (χ1v) is 2.66. The summed E-state index contributed by atoms with van der Waals surface area (Å²) >= 11 is 0. The van der Waals surface area contributed by atoms with Gasteiger partial charge in [0.1, 0.15) is 0 Å². The highest BCUT2D eigenvalue weighted by Crippen LogP contribution is 1.93. The van der Waals surface area contributed by atoms with E-state index in [0.29, 0.717) is 6.54 Å². The van der Waals surface area contributed by atoms with Crippen molar-refractivity contribution >= 4 is 0 Å². The molecule has 0 unspecified atom stereocenters. The van der Waals surface area contributed by atoms with Gasteiger partial charge in [-0.25, -0.2) is 0 Å². The van der Waals surface area contributed by atoms with Crippen LogP contribution in [-0.2, 0) is 0 Å². The Hall–Kier alpha value is -0.780. The number of hydrazine groups is 3. The Morgan fingerprint density at radius 1 is 1.78 bits per heavy atom. The zero-order chi connectivity index (χ0) is 6.85. The molecule has 1 heterocycles. The predicted octanol–water partition coefficient (Wildman–Crippen LogP) is -1.67. The van der Waals surface area contributed by atoms with Crippen molar-refractivity contribution in [1.82, 2.24) is 15.7 Å². The van der Waals surface area contributed by atoms with Gasteiger partial charge in [0, 0.05) is 18.9 Å². The van der Waals surface area contributed by atoms with Crippen molar-refractivity contribution in [3.8, 4) is 0 Å². The Kier molecular flexibility index (Phi) is 1.56. The Balaban J connectivity index is 2.56. The van der Waals surface area contributed by atoms with Crippen molar-refractivity contribution in [2.45, 2.75) is 0 Å². The summed E-state index contributed by atoms with van der Waals surface area (Å²) in [6.45, 7) is 0.560. The van der Waals surface area contributed by atoms with Crippen LogP contribution in [-0.4, -0.2) is 23.7 Å². The number of hydrogen-bond acceptors (Lipinski definition) is 5. The van der Waals surface area contributed by atoms with Crippen molar-refractivity contribution < 1.29 is 0 Å². The summed E-state index contributed by atoms with van der Waals surface area (Å²) in [4.78, 5) is 0. The first kappa shape index (κ1) is 6.34. The summed E-state index contributed by atoms with van der Waals surface area (Å²) < 4.78 is 0. The number of nitrogens with zero attached hydrogens (tertiary/aromatic N) is 2. The molecule has 0 saturated heterocycles. The fourth-order valence-electron chi connectivity index (χ4n) is 0.753. The Bertz CT molecular complexity index is 131. The Morgan fingerprint density at radius 3 is 2.89 bits per heavy atom. The second kappa shape index (κ2) is 2.22. The molecule has 0 radical (unpaired) electrons. The highest BCUT2D eigenvalue weighted by molar-refractivity contribution is 4.98. The van der Waals surface area contributed by atoms with Crippen LogP contribution in [0, 0.1) is 0 Å². The number of rotatable bonds is 0. The molecule has 0 fully saturated rings. The Labute approximate surface area is 53.8 Å². The van der Waals surface area contributed by atoms with Gasteiger partial charge >= 0.3 is 0 Å². The number of nitrogens with one attached hydrogen (secondary N) is 1. The van der Waals surface area contributed by atoms with Gasteiger partial charge in [-0.15, -0.1) is 0 Å². The highest BCUT2D eigenvalue weighted by atomic mass is 15.8. The molecule has 0 aromatic rings. The molecule has 1 rings (SSSR count). The fraction of sp³-hybridized carbons (Fsp3) is 0.500. The predicted molar refractivity (Wildman–Crippen MR) is 34.1 cm³/mol. The quantitative estimate of drug-likeness (QED) is 0.341. The minimum atomic E-state index is 0.560. The van der Waals surface area contributed by atoms with Crippen molar-refractivity contribution in [3.63, 3.8) is 0 Å². The number of nitrogens with two attached hydrogens (primary N) is 2. The molecular formula is C4H11N5. The highest BCUT2D eigenvalue weighted by Gasteiger charge is 2.07. The second-order valence-electron chi connectivity index (χ2n) is 2.04. The third-order valence-corrected chi connectivity index (χ3v) is 0.999. The summed E-state index contributed by atoms with van der Waals surface area (Å²) in [5, 5.41) is 3.11. The maximum absolute atomic E-state index is 5.47. The standard InChI is InChI=1S/C4H11N5/c1-8-2-4(5)3-9(6)7-8/h2,7H,3,5-6H2,1H3. The average Bonchev–Trinajstić information content (AvgIpc) is 1.59. The molecular weight excluding hydrogens is 118 g/mol. The first-order valence-electron chi connectivity index (χ1n) is 2.66. The maximum atomic E-state index is 5.47. The van der Waals surface area contributed by atoms with Crippen molar-refractivity contribution in [3.05, 3.63) is 11.9 Å². The summed E-state index contributed by atoms with van der Waals surface area (Å²) in [7, 11) is 1.83. The number of hydrogen-bond donors (Lipinski definition) is 3. The molecule has 52 valence electrons. The van der Waals surface area contributed by atoms with Crippen LogP contribution in [0.1, 0.15) is 0 Å². The van der Waals surface area contributed by atoms with Gasteiger partial charge in [-0.1, -0.05) is 0 Å². The lowest BCUT2D eigenvalue weighted by molar-refractivity contribution is 0.0678. The van der Waals surface area contributed by atoms with Gasteiger partial charge in [0.25, 0.3) is 0 Å². The largest absolute Gasteiger partial charge is 0.400 e. The second-order valence-corrected chi connectivity index (χ2v) is 2.04. The molecule has 5 N–H and O–H groups in total. The normalized spacial score (nSPS) is 22.0. The van der Waals surface area contributed by atoms with E-state index in [4.69, 9.17) is 11.6 Å². The minimum Gasteiger partial charge on any atom is -0.400 e. The van der Waals surface area contributed by atoms with Gasteiger partial charge in [-0.3, -0.25) is 5.84 Å². The van der Waals surface area contributed by atoms with Crippen LogP contribution in [0.2, 0.25) is 0 Å². The minimum absolute atomic E-state index is 0.560. The van der Waals surface area contributed by atoms with E-state index in [1.54, 1.807) is 11.2 Å². The van der Waals surface area contributed by atoms with Crippen molar-refractivity contribution in [1.29, 1.82) is 0 Å². The van der Waals surface area contributed by atoms with Gasteiger partial charge in [0.15, 0.2) is 0 Å². The van der Waals surface area contributed by atoms with Crippen molar-refractivity contribution in [2.75, 3.05) is 13.6 Å². The lowest BCUT2D eigenvalue weighted by Crippen LogP contribution is -2.54. The molecule has 5 heteroatoms. The molecule has 0 aliphatic carbocycles. The van der Waals surface area contributed by atoms with Crippen LogP contribution in [0.15, 0.2) is 11.9 Å². The molecule has 0 amide bonds. The molecule has 9 heavy (non-hydrogen) atoms. The van der Waals surface area contributed by atoms with Crippen LogP contribution >= 0.6 is 0 Å².